The van der Waals surface area contributed by atoms with E-state index in [1.165, 1.54) is 0 Å². The second-order valence-electron chi connectivity index (χ2n) is 5.22. The van der Waals surface area contributed by atoms with Crippen LogP contribution >= 0.6 is 0 Å². The van der Waals surface area contributed by atoms with E-state index < -0.39 is 0 Å². The van der Waals surface area contributed by atoms with E-state index in [-0.39, 0.29) is 17.6 Å². The number of ether oxygens (including phenoxy) is 1. The summed E-state index contributed by atoms with van der Waals surface area (Å²) in [5, 5.41) is 4.14. The van der Waals surface area contributed by atoms with E-state index in [0.717, 1.165) is 5.56 Å². The molecule has 0 aromatic carbocycles. The zero-order valence-corrected chi connectivity index (χ0v) is 10.9. The standard InChI is InChI=1S/C12H23N3O/c1-6-16-11(12(2,3)4)10(13)9-7-14-15(5)8-9/h7-8,10-11H,6,13H2,1-5H3. The number of aryl methyl sites for hydroxylation is 1. The number of hydrogen-bond acceptors (Lipinski definition) is 3. The average Bonchev–Trinajstić information content (AvgIpc) is 2.58. The van der Waals surface area contributed by atoms with E-state index >= 15 is 0 Å². The first kappa shape index (κ1) is 13.2. The minimum Gasteiger partial charge on any atom is -0.376 e. The Hall–Kier alpha value is -0.870. The molecule has 2 N–H and O–H groups in total. The molecule has 0 aliphatic carbocycles. The van der Waals surface area contributed by atoms with Crippen molar-refractivity contribution in [3.63, 3.8) is 0 Å². The van der Waals surface area contributed by atoms with Gasteiger partial charge < -0.3 is 10.5 Å². The Morgan fingerprint density at radius 3 is 2.50 bits per heavy atom. The molecule has 16 heavy (non-hydrogen) atoms. The molecule has 0 bridgehead atoms. The van der Waals surface area contributed by atoms with Crippen LogP contribution in [0.2, 0.25) is 0 Å². The van der Waals surface area contributed by atoms with Crippen molar-refractivity contribution in [1.82, 2.24) is 9.78 Å². The maximum Gasteiger partial charge on any atom is 0.0816 e. The molecule has 4 heteroatoms. The summed E-state index contributed by atoms with van der Waals surface area (Å²) < 4.78 is 7.53. The lowest BCUT2D eigenvalue weighted by atomic mass is 9.83. The minimum atomic E-state index is -0.131. The van der Waals surface area contributed by atoms with Crippen molar-refractivity contribution < 1.29 is 4.74 Å². The summed E-state index contributed by atoms with van der Waals surface area (Å²) in [5.41, 5.74) is 7.29. The van der Waals surface area contributed by atoms with Gasteiger partial charge in [0, 0.05) is 25.4 Å². The molecule has 4 nitrogen and oxygen atoms in total. The van der Waals surface area contributed by atoms with Crippen LogP contribution in [0.5, 0.6) is 0 Å². The fourth-order valence-electron chi connectivity index (χ4n) is 1.86. The Morgan fingerprint density at radius 2 is 2.12 bits per heavy atom. The van der Waals surface area contributed by atoms with E-state index in [4.69, 9.17) is 10.5 Å². The number of nitrogens with two attached hydrogens (primary N) is 1. The van der Waals surface area contributed by atoms with Crippen LogP contribution in [0, 0.1) is 5.41 Å². The number of aromatic nitrogens is 2. The van der Waals surface area contributed by atoms with Crippen LogP contribution in [0.15, 0.2) is 12.4 Å². The lowest BCUT2D eigenvalue weighted by molar-refractivity contribution is -0.0283. The lowest BCUT2D eigenvalue weighted by Crippen LogP contribution is -2.39. The Labute approximate surface area is 97.8 Å². The molecule has 0 aliphatic heterocycles. The van der Waals surface area contributed by atoms with Gasteiger partial charge in [0.1, 0.15) is 0 Å². The van der Waals surface area contributed by atoms with Gasteiger partial charge in [0.15, 0.2) is 0 Å². The second-order valence-corrected chi connectivity index (χ2v) is 5.22. The van der Waals surface area contributed by atoms with Gasteiger partial charge >= 0.3 is 0 Å². The van der Waals surface area contributed by atoms with Gasteiger partial charge in [0.05, 0.1) is 18.3 Å². The molecule has 2 unspecified atom stereocenters. The maximum absolute atomic E-state index is 6.25. The van der Waals surface area contributed by atoms with Crippen LogP contribution in [-0.4, -0.2) is 22.5 Å². The van der Waals surface area contributed by atoms with Gasteiger partial charge in [-0.3, -0.25) is 4.68 Å². The molecular formula is C12H23N3O. The summed E-state index contributed by atoms with van der Waals surface area (Å²) in [6.07, 6.45) is 3.76. The monoisotopic (exact) mass is 225 g/mol. The van der Waals surface area contributed by atoms with E-state index in [1.54, 1.807) is 4.68 Å². The van der Waals surface area contributed by atoms with Gasteiger partial charge in [-0.1, -0.05) is 20.8 Å². The molecule has 92 valence electrons. The zero-order chi connectivity index (χ0) is 12.3. The first-order valence-electron chi connectivity index (χ1n) is 5.72. The molecule has 0 saturated heterocycles. The second kappa shape index (κ2) is 4.97. The maximum atomic E-state index is 6.25. The molecule has 0 radical (unpaired) electrons. The lowest BCUT2D eigenvalue weighted by Gasteiger charge is -2.34. The Morgan fingerprint density at radius 1 is 1.50 bits per heavy atom. The summed E-state index contributed by atoms with van der Waals surface area (Å²) in [5.74, 6) is 0. The van der Waals surface area contributed by atoms with Crippen molar-refractivity contribution in [3.05, 3.63) is 18.0 Å². The van der Waals surface area contributed by atoms with Crippen LogP contribution in [0.4, 0.5) is 0 Å². The smallest absolute Gasteiger partial charge is 0.0816 e. The number of nitrogens with zero attached hydrogens (tertiary/aromatic N) is 2. The quantitative estimate of drug-likeness (QED) is 0.851. The van der Waals surface area contributed by atoms with Crippen molar-refractivity contribution >= 4 is 0 Å². The summed E-state index contributed by atoms with van der Waals surface area (Å²) in [6.45, 7) is 9.10. The largest absolute Gasteiger partial charge is 0.376 e. The Kier molecular flexibility index (Phi) is 4.10. The van der Waals surface area contributed by atoms with Crippen LogP contribution in [-0.2, 0) is 11.8 Å². The Balaban J connectivity index is 2.86. The van der Waals surface area contributed by atoms with E-state index in [1.807, 2.05) is 26.4 Å². The molecule has 1 aromatic rings. The summed E-state index contributed by atoms with van der Waals surface area (Å²) in [7, 11) is 1.89. The van der Waals surface area contributed by atoms with Crippen LogP contribution in [0.25, 0.3) is 0 Å². The highest BCUT2D eigenvalue weighted by Gasteiger charge is 2.32. The third kappa shape index (κ3) is 3.06. The third-order valence-electron chi connectivity index (χ3n) is 2.64. The summed E-state index contributed by atoms with van der Waals surface area (Å²) in [4.78, 5) is 0. The fraction of sp³-hybridized carbons (Fsp3) is 0.750. The average molecular weight is 225 g/mol. The molecule has 0 saturated carbocycles. The predicted octanol–water partition coefficient (Wildman–Crippen LogP) is 1.87. The summed E-state index contributed by atoms with van der Waals surface area (Å²) in [6, 6.07) is -0.131. The molecule has 1 rings (SSSR count). The van der Waals surface area contributed by atoms with Gasteiger partial charge in [0.25, 0.3) is 0 Å². The Bertz CT molecular complexity index is 327. The van der Waals surface area contributed by atoms with Crippen LogP contribution in [0.3, 0.4) is 0 Å². The zero-order valence-electron chi connectivity index (χ0n) is 10.9. The highest BCUT2D eigenvalue weighted by Crippen LogP contribution is 2.31. The van der Waals surface area contributed by atoms with Gasteiger partial charge in [-0.2, -0.15) is 5.10 Å². The SMILES string of the molecule is CCOC(C(N)c1cnn(C)c1)C(C)(C)C. The van der Waals surface area contributed by atoms with Crippen molar-refractivity contribution in [2.24, 2.45) is 18.2 Å². The van der Waals surface area contributed by atoms with Gasteiger partial charge in [-0.15, -0.1) is 0 Å². The fourth-order valence-corrected chi connectivity index (χ4v) is 1.86. The van der Waals surface area contributed by atoms with E-state index in [9.17, 15) is 0 Å². The van der Waals surface area contributed by atoms with E-state index in [2.05, 4.69) is 25.9 Å². The number of hydrogen-bond donors (Lipinski definition) is 1. The highest BCUT2D eigenvalue weighted by atomic mass is 16.5. The van der Waals surface area contributed by atoms with Gasteiger partial charge in [-0.25, -0.2) is 0 Å². The van der Waals surface area contributed by atoms with Crippen molar-refractivity contribution in [3.8, 4) is 0 Å². The molecule has 0 spiro atoms. The highest BCUT2D eigenvalue weighted by molar-refractivity contribution is 5.12. The predicted molar refractivity (Wildman–Crippen MR) is 65.0 cm³/mol. The normalized spacial score (nSPS) is 16.1. The molecule has 0 amide bonds. The molecule has 0 fully saturated rings. The van der Waals surface area contributed by atoms with Crippen molar-refractivity contribution in [2.75, 3.05) is 6.61 Å². The number of rotatable bonds is 4. The first-order valence-corrected chi connectivity index (χ1v) is 5.72. The third-order valence-corrected chi connectivity index (χ3v) is 2.64. The minimum absolute atomic E-state index is 0.00157. The topological polar surface area (TPSA) is 53.1 Å². The van der Waals surface area contributed by atoms with Gasteiger partial charge in [0.2, 0.25) is 0 Å². The molecule has 1 aromatic heterocycles. The van der Waals surface area contributed by atoms with Crippen LogP contribution < -0.4 is 5.73 Å². The van der Waals surface area contributed by atoms with Gasteiger partial charge in [-0.05, 0) is 12.3 Å². The van der Waals surface area contributed by atoms with E-state index in [0.29, 0.717) is 6.61 Å². The first-order chi connectivity index (χ1) is 7.36. The molecule has 0 aliphatic rings. The molecule has 2 atom stereocenters. The van der Waals surface area contributed by atoms with Crippen molar-refractivity contribution in [1.29, 1.82) is 0 Å². The molecular weight excluding hydrogens is 202 g/mol. The van der Waals surface area contributed by atoms with Crippen LogP contribution in [0.1, 0.15) is 39.3 Å². The molecule has 1 heterocycles. The summed E-state index contributed by atoms with van der Waals surface area (Å²) >= 11 is 0. The van der Waals surface area contributed by atoms with Crippen molar-refractivity contribution in [2.45, 2.75) is 39.8 Å².